The molecule has 4 aromatic carbocycles. The third-order valence-corrected chi connectivity index (χ3v) is 9.27. The molecule has 2 N–H and O–H groups in total. The minimum atomic E-state index is -1.34. The normalized spacial score (nSPS) is 10.2. The van der Waals surface area contributed by atoms with Gasteiger partial charge in [-0.05, 0) is 126 Å². The van der Waals surface area contributed by atoms with Crippen molar-refractivity contribution in [3.05, 3.63) is 208 Å². The minimum absolute atomic E-state index is 0.525. The van der Waals surface area contributed by atoms with Crippen molar-refractivity contribution in [1.82, 2.24) is 19.9 Å². The van der Waals surface area contributed by atoms with Crippen LogP contribution in [-0.2, 0) is 0 Å². The lowest BCUT2D eigenvalue weighted by atomic mass is 9.81. The van der Waals surface area contributed by atoms with E-state index in [2.05, 4.69) is 91.9 Å². The first-order valence-electron chi connectivity index (χ1n) is 17.4. The van der Waals surface area contributed by atoms with E-state index in [0.717, 1.165) is 59.7 Å². The van der Waals surface area contributed by atoms with E-state index in [1.54, 1.807) is 24.3 Å². The third-order valence-electron chi connectivity index (χ3n) is 7.95. The second-order valence-electron chi connectivity index (χ2n) is 11.8. The number of hydrogen-bond donors (Lipinski definition) is 2. The molecule has 8 aromatic rings. The van der Waals surface area contributed by atoms with Gasteiger partial charge >= 0.3 is 7.12 Å². The maximum atomic E-state index is 8.58. The number of para-hydroxylation sites is 2. The fraction of sp³-hybridized carbons (Fsp3) is 0. The zero-order valence-corrected chi connectivity index (χ0v) is 34.5. The molecule has 0 saturated carbocycles. The molecule has 0 atom stereocenters. The van der Waals surface area contributed by atoms with Gasteiger partial charge in [0.1, 0.15) is 37.1 Å². The Hall–Kier alpha value is -5.50. The molecule has 0 saturated heterocycles. The van der Waals surface area contributed by atoms with Crippen LogP contribution >= 0.6 is 47.8 Å². The second kappa shape index (κ2) is 20.4. The predicted octanol–water partition coefficient (Wildman–Crippen LogP) is 11.2. The van der Waals surface area contributed by atoms with Gasteiger partial charge in [0.15, 0.2) is 0 Å². The van der Waals surface area contributed by atoms with Crippen molar-refractivity contribution >= 4 is 95.0 Å². The summed E-state index contributed by atoms with van der Waals surface area (Å²) < 4.78 is 2.36. The van der Waals surface area contributed by atoms with Crippen molar-refractivity contribution in [2.24, 2.45) is 0 Å². The first-order valence-corrected chi connectivity index (χ1v) is 19.8. The first-order chi connectivity index (χ1) is 27.4. The molecule has 0 amide bonds. The molecule has 0 aliphatic carbocycles. The lowest BCUT2D eigenvalue weighted by molar-refractivity contribution is 0.426. The van der Waals surface area contributed by atoms with Crippen molar-refractivity contribution < 1.29 is 10.0 Å². The number of nitrogens with zero attached hydrogens (tertiary/aromatic N) is 6. The first kappa shape index (κ1) is 40.2. The molecular formula is C44H34BBr3N6O2. The number of rotatable bonds is 8. The molecule has 0 aliphatic rings. The van der Waals surface area contributed by atoms with Gasteiger partial charge in [0.25, 0.3) is 0 Å². The Labute approximate surface area is 351 Å². The van der Waals surface area contributed by atoms with Crippen LogP contribution in [0.3, 0.4) is 0 Å². The monoisotopic (exact) mass is 926 g/mol. The van der Waals surface area contributed by atoms with Gasteiger partial charge in [-0.25, -0.2) is 19.9 Å². The van der Waals surface area contributed by atoms with E-state index >= 15 is 0 Å². The van der Waals surface area contributed by atoms with Crippen LogP contribution in [0.2, 0.25) is 0 Å². The molecule has 56 heavy (non-hydrogen) atoms. The van der Waals surface area contributed by atoms with E-state index in [9.17, 15) is 0 Å². The van der Waals surface area contributed by atoms with Crippen LogP contribution in [-0.4, -0.2) is 37.1 Å². The number of aromatic nitrogens is 4. The molecule has 0 unspecified atom stereocenters. The molecule has 0 radical (unpaired) electrons. The van der Waals surface area contributed by atoms with E-state index in [-0.39, 0.29) is 0 Å². The highest BCUT2D eigenvalue weighted by atomic mass is 79.9. The maximum Gasteiger partial charge on any atom is 0.488 e. The van der Waals surface area contributed by atoms with E-state index < -0.39 is 7.12 Å². The average Bonchev–Trinajstić information content (AvgIpc) is 3.23. The maximum absolute atomic E-state index is 8.58. The van der Waals surface area contributed by atoms with Gasteiger partial charge in [-0.15, -0.1) is 0 Å². The van der Waals surface area contributed by atoms with Gasteiger partial charge in [0, 0.05) is 16.9 Å². The molecule has 276 valence electrons. The Morgan fingerprint density at radius 2 is 0.696 bits per heavy atom. The number of hydrogen-bond acceptors (Lipinski definition) is 8. The fourth-order valence-electron chi connectivity index (χ4n) is 5.43. The molecule has 8 rings (SSSR count). The number of pyridine rings is 4. The Balaban J connectivity index is 0.000000158. The van der Waals surface area contributed by atoms with Crippen molar-refractivity contribution in [3.8, 4) is 11.3 Å². The molecule has 8 nitrogen and oxygen atoms in total. The van der Waals surface area contributed by atoms with Crippen LogP contribution in [0, 0.1) is 0 Å². The van der Waals surface area contributed by atoms with E-state index in [1.807, 2.05) is 150 Å². The van der Waals surface area contributed by atoms with Gasteiger partial charge in [-0.3, -0.25) is 9.80 Å². The summed E-state index contributed by atoms with van der Waals surface area (Å²) in [6.45, 7) is 0. The lowest BCUT2D eigenvalue weighted by Crippen LogP contribution is -2.29. The van der Waals surface area contributed by atoms with Crippen LogP contribution < -0.4 is 15.3 Å². The van der Waals surface area contributed by atoms with Crippen LogP contribution in [0.25, 0.3) is 11.3 Å². The zero-order chi connectivity index (χ0) is 39.1. The van der Waals surface area contributed by atoms with Crippen molar-refractivity contribution in [2.45, 2.75) is 0 Å². The summed E-state index contributed by atoms with van der Waals surface area (Å²) in [5.41, 5.74) is 4.56. The smallest absolute Gasteiger partial charge is 0.423 e. The molecule has 4 heterocycles. The SMILES string of the molecule is Brc1cccc(N(c2ccccc2)c2cccc(-c3ccccc3)n2)n1.Brc1cccc(N(c2ccccc2)c2cccc(Br)n2)n1.OB(O)c1ccccc1. The third kappa shape index (κ3) is 11.3. The van der Waals surface area contributed by atoms with Gasteiger partial charge < -0.3 is 10.0 Å². The van der Waals surface area contributed by atoms with Crippen molar-refractivity contribution in [2.75, 3.05) is 9.80 Å². The van der Waals surface area contributed by atoms with Crippen LogP contribution in [0.4, 0.5) is 34.6 Å². The summed E-state index contributed by atoms with van der Waals surface area (Å²) in [7, 11) is -1.34. The molecule has 0 spiro atoms. The Morgan fingerprint density at radius 1 is 0.357 bits per heavy atom. The molecule has 4 aromatic heterocycles. The molecule has 0 fully saturated rings. The predicted molar refractivity (Wildman–Crippen MR) is 238 cm³/mol. The molecule has 12 heteroatoms. The summed E-state index contributed by atoms with van der Waals surface area (Å²) in [4.78, 5) is 22.7. The standard InChI is InChI=1S/C22H16BrN3.C16H11Br2N3.C6H7BO2/c23-20-14-8-16-22(25-20)26(18-11-5-2-6-12-18)21-15-7-13-19(24-21)17-9-3-1-4-10-17;17-13-8-4-10-15(19-13)21(12-6-2-1-3-7-12)16-11-5-9-14(18)20-16;8-7(9)6-4-2-1-3-5-6/h1-16H;1-11H;1-5,8-9H. The minimum Gasteiger partial charge on any atom is -0.423 e. The fourth-order valence-corrected chi connectivity index (χ4v) is 6.43. The van der Waals surface area contributed by atoms with Crippen LogP contribution in [0.5, 0.6) is 0 Å². The van der Waals surface area contributed by atoms with Crippen molar-refractivity contribution in [1.29, 1.82) is 0 Å². The summed E-state index contributed by atoms with van der Waals surface area (Å²) in [5.74, 6) is 3.24. The Bertz CT molecular complexity index is 2370. The quantitative estimate of drug-likeness (QED) is 0.115. The van der Waals surface area contributed by atoms with Gasteiger partial charge in [0.2, 0.25) is 0 Å². The highest BCUT2D eigenvalue weighted by Crippen LogP contribution is 2.34. The van der Waals surface area contributed by atoms with Gasteiger partial charge in [-0.2, -0.15) is 0 Å². The van der Waals surface area contributed by atoms with E-state index in [0.29, 0.717) is 5.46 Å². The van der Waals surface area contributed by atoms with E-state index in [4.69, 9.17) is 15.0 Å². The summed E-state index contributed by atoms with van der Waals surface area (Å²) in [6.07, 6.45) is 0. The van der Waals surface area contributed by atoms with Crippen LogP contribution in [0.1, 0.15) is 0 Å². The lowest BCUT2D eigenvalue weighted by Gasteiger charge is -2.23. The number of halogens is 3. The highest BCUT2D eigenvalue weighted by Gasteiger charge is 2.17. The summed E-state index contributed by atoms with van der Waals surface area (Å²) >= 11 is 10.3. The Morgan fingerprint density at radius 3 is 1.05 bits per heavy atom. The zero-order valence-electron chi connectivity index (χ0n) is 29.8. The Kier molecular flexibility index (Phi) is 14.7. The van der Waals surface area contributed by atoms with Gasteiger partial charge in [0.05, 0.1) is 5.69 Å². The molecule has 0 aliphatic heterocycles. The number of benzene rings is 4. The number of anilines is 6. The van der Waals surface area contributed by atoms with Gasteiger partial charge in [-0.1, -0.05) is 121 Å². The average molecular weight is 929 g/mol. The summed E-state index contributed by atoms with van der Waals surface area (Å²) in [5, 5.41) is 17.2. The largest absolute Gasteiger partial charge is 0.488 e. The van der Waals surface area contributed by atoms with Crippen LogP contribution in [0.15, 0.2) is 208 Å². The topological polar surface area (TPSA) is 98.5 Å². The van der Waals surface area contributed by atoms with E-state index in [1.165, 1.54) is 0 Å². The molecule has 0 bridgehead atoms. The molecular weight excluding hydrogens is 895 g/mol. The van der Waals surface area contributed by atoms with Crippen molar-refractivity contribution in [3.63, 3.8) is 0 Å². The highest BCUT2D eigenvalue weighted by molar-refractivity contribution is 9.11. The second-order valence-corrected chi connectivity index (χ2v) is 14.3. The summed E-state index contributed by atoms with van der Waals surface area (Å²) in [6, 6.07) is 62.6.